The fourth-order valence-electron chi connectivity index (χ4n) is 5.64. The minimum absolute atomic E-state index is 0.230. The molecule has 0 aliphatic carbocycles. The predicted molar refractivity (Wildman–Crippen MR) is 142 cm³/mol. The Balaban J connectivity index is 1.01. The number of amides is 4. The van der Waals surface area contributed by atoms with Gasteiger partial charge in [-0.2, -0.15) is 0 Å². The Morgan fingerprint density at radius 2 is 0.703 bits per heavy atom. The number of rotatable bonds is 8. The van der Waals surface area contributed by atoms with Gasteiger partial charge in [0.2, 0.25) is 0 Å². The smallest absolute Gasteiger partial charge is 0.261 e. The van der Waals surface area contributed by atoms with Gasteiger partial charge in [0.15, 0.2) is 0 Å². The molecule has 0 atom stereocenters. The maximum Gasteiger partial charge on any atom is 0.261 e. The summed E-state index contributed by atoms with van der Waals surface area (Å²) in [6, 6.07) is 22.2. The molecule has 0 unspecified atom stereocenters. The zero-order chi connectivity index (χ0) is 25.5. The maximum absolute atomic E-state index is 13.0. The van der Waals surface area contributed by atoms with E-state index in [0.717, 1.165) is 40.8 Å². The van der Waals surface area contributed by atoms with Gasteiger partial charge in [-0.1, -0.05) is 67.8 Å². The normalized spacial score (nSPS) is 14.8. The van der Waals surface area contributed by atoms with Gasteiger partial charge in [0.05, 0.1) is 0 Å². The molecule has 184 valence electrons. The van der Waals surface area contributed by atoms with E-state index in [9.17, 15) is 19.2 Å². The van der Waals surface area contributed by atoms with Crippen LogP contribution in [0.15, 0.2) is 72.8 Å². The standard InChI is InChI=1S/C31H26N2O4/c34-28-22-14-6-10-20-11-7-15-23(26(20)22)29(35)32(28)18-4-2-1-3-5-19-33-30(36)24-16-8-12-21-13-9-17-25(27(21)24)31(33)37/h6-17H,1-5,18-19H2. The Bertz CT molecular complexity index is 1390. The number of nitrogens with zero attached hydrogens (tertiary/aromatic N) is 2. The first kappa shape index (κ1) is 23.1. The quantitative estimate of drug-likeness (QED) is 0.230. The third-order valence-corrected chi connectivity index (χ3v) is 7.48. The van der Waals surface area contributed by atoms with Crippen LogP contribution in [0.3, 0.4) is 0 Å². The summed E-state index contributed by atoms with van der Waals surface area (Å²) in [5.41, 5.74) is 2.34. The summed E-state index contributed by atoms with van der Waals surface area (Å²) in [6.07, 6.45) is 4.03. The van der Waals surface area contributed by atoms with Crippen LogP contribution in [0.25, 0.3) is 21.5 Å². The number of benzene rings is 4. The van der Waals surface area contributed by atoms with Crippen LogP contribution >= 0.6 is 0 Å². The fraction of sp³-hybridized carbons (Fsp3) is 0.226. The van der Waals surface area contributed by atoms with E-state index < -0.39 is 0 Å². The molecule has 37 heavy (non-hydrogen) atoms. The van der Waals surface area contributed by atoms with Crippen LogP contribution in [0.2, 0.25) is 0 Å². The van der Waals surface area contributed by atoms with Gasteiger partial charge in [0.25, 0.3) is 23.6 Å². The number of hydrogen-bond acceptors (Lipinski definition) is 4. The van der Waals surface area contributed by atoms with Crippen LogP contribution in [0.1, 0.15) is 73.5 Å². The van der Waals surface area contributed by atoms with Gasteiger partial charge >= 0.3 is 0 Å². The Kier molecular flexibility index (Phi) is 5.80. The van der Waals surface area contributed by atoms with Crippen LogP contribution in [0.4, 0.5) is 0 Å². The topological polar surface area (TPSA) is 74.8 Å². The molecule has 2 heterocycles. The summed E-state index contributed by atoms with van der Waals surface area (Å²) < 4.78 is 0. The van der Waals surface area contributed by atoms with Crippen molar-refractivity contribution in [3.8, 4) is 0 Å². The van der Waals surface area contributed by atoms with Gasteiger partial charge in [-0.25, -0.2) is 0 Å². The molecule has 0 saturated heterocycles. The van der Waals surface area contributed by atoms with Gasteiger partial charge in [-0.3, -0.25) is 29.0 Å². The minimum atomic E-state index is -0.230. The van der Waals surface area contributed by atoms with Gasteiger partial charge in [0, 0.05) is 46.1 Å². The summed E-state index contributed by atoms with van der Waals surface area (Å²) >= 11 is 0. The summed E-state index contributed by atoms with van der Waals surface area (Å²) in [4.78, 5) is 54.8. The average molecular weight is 491 g/mol. The fourth-order valence-corrected chi connectivity index (χ4v) is 5.64. The third kappa shape index (κ3) is 3.80. The molecule has 6 rings (SSSR count). The molecular weight excluding hydrogens is 464 g/mol. The first-order chi connectivity index (χ1) is 18.1. The van der Waals surface area contributed by atoms with Crippen molar-refractivity contribution in [1.82, 2.24) is 9.80 Å². The Hall–Kier alpha value is -4.32. The molecule has 2 aliphatic heterocycles. The van der Waals surface area contributed by atoms with Gasteiger partial charge in [0.1, 0.15) is 0 Å². The van der Waals surface area contributed by atoms with Crippen molar-refractivity contribution in [2.24, 2.45) is 0 Å². The second kappa shape index (κ2) is 9.28. The largest absolute Gasteiger partial charge is 0.274 e. The highest BCUT2D eigenvalue weighted by Gasteiger charge is 2.33. The molecular formula is C31H26N2O4. The molecule has 4 aromatic rings. The molecule has 0 fully saturated rings. The Morgan fingerprint density at radius 1 is 0.405 bits per heavy atom. The number of unbranched alkanes of at least 4 members (excludes halogenated alkanes) is 4. The third-order valence-electron chi connectivity index (χ3n) is 7.48. The lowest BCUT2D eigenvalue weighted by Crippen LogP contribution is -2.41. The second-order valence-corrected chi connectivity index (χ2v) is 9.71. The van der Waals surface area contributed by atoms with Crippen molar-refractivity contribution in [2.45, 2.75) is 32.1 Å². The van der Waals surface area contributed by atoms with E-state index in [-0.39, 0.29) is 23.6 Å². The average Bonchev–Trinajstić information content (AvgIpc) is 2.92. The molecule has 0 spiro atoms. The lowest BCUT2D eigenvalue weighted by atomic mass is 9.94. The number of hydrogen-bond donors (Lipinski definition) is 0. The SMILES string of the molecule is O=C1c2cccc3cccc(c23)C(=O)N1CCCCCCCN1C(=O)c2cccc3cccc(c23)C1=O. The monoisotopic (exact) mass is 490 g/mol. The summed E-state index contributed by atoms with van der Waals surface area (Å²) in [7, 11) is 0. The highest BCUT2D eigenvalue weighted by atomic mass is 16.2. The van der Waals surface area contributed by atoms with E-state index in [0.29, 0.717) is 48.2 Å². The van der Waals surface area contributed by atoms with E-state index in [4.69, 9.17) is 0 Å². The summed E-state index contributed by atoms with van der Waals surface area (Å²) in [5, 5.41) is 3.30. The van der Waals surface area contributed by atoms with E-state index in [1.165, 1.54) is 9.80 Å². The van der Waals surface area contributed by atoms with Crippen LogP contribution in [-0.4, -0.2) is 46.5 Å². The van der Waals surface area contributed by atoms with Crippen molar-refractivity contribution >= 4 is 45.2 Å². The summed E-state index contributed by atoms with van der Waals surface area (Å²) in [6.45, 7) is 0.762. The van der Waals surface area contributed by atoms with Gasteiger partial charge in [-0.05, 0) is 47.9 Å². The van der Waals surface area contributed by atoms with Crippen LogP contribution in [0, 0.1) is 0 Å². The number of carbonyl (C=O) groups excluding carboxylic acids is 4. The molecule has 0 bridgehead atoms. The van der Waals surface area contributed by atoms with E-state index in [1.54, 1.807) is 24.3 Å². The zero-order valence-corrected chi connectivity index (χ0v) is 20.4. The maximum atomic E-state index is 13.0. The molecule has 0 aromatic heterocycles. The highest BCUT2D eigenvalue weighted by molar-refractivity contribution is 6.26. The highest BCUT2D eigenvalue weighted by Crippen LogP contribution is 2.31. The first-order valence-electron chi connectivity index (χ1n) is 12.8. The van der Waals surface area contributed by atoms with Crippen LogP contribution in [-0.2, 0) is 0 Å². The minimum Gasteiger partial charge on any atom is -0.274 e. The Morgan fingerprint density at radius 3 is 1.03 bits per heavy atom. The molecule has 4 amide bonds. The molecule has 0 radical (unpaired) electrons. The second-order valence-electron chi connectivity index (χ2n) is 9.71. The van der Waals surface area contributed by atoms with E-state index in [1.807, 2.05) is 48.5 Å². The predicted octanol–water partition coefficient (Wildman–Crippen LogP) is 5.84. The van der Waals surface area contributed by atoms with E-state index >= 15 is 0 Å². The van der Waals surface area contributed by atoms with Gasteiger partial charge in [-0.15, -0.1) is 0 Å². The van der Waals surface area contributed by atoms with Crippen molar-refractivity contribution < 1.29 is 19.2 Å². The van der Waals surface area contributed by atoms with E-state index in [2.05, 4.69) is 0 Å². The van der Waals surface area contributed by atoms with Crippen LogP contribution < -0.4 is 0 Å². The molecule has 4 aromatic carbocycles. The lowest BCUT2D eigenvalue weighted by molar-refractivity contribution is 0.0595. The molecule has 6 nitrogen and oxygen atoms in total. The van der Waals surface area contributed by atoms with Crippen molar-refractivity contribution in [2.75, 3.05) is 13.1 Å². The van der Waals surface area contributed by atoms with Crippen LogP contribution in [0.5, 0.6) is 0 Å². The molecule has 6 heteroatoms. The Labute approximate surface area is 214 Å². The number of carbonyl (C=O) groups is 4. The summed E-state index contributed by atoms with van der Waals surface area (Å²) in [5.74, 6) is -0.920. The van der Waals surface area contributed by atoms with Crippen molar-refractivity contribution in [3.05, 3.63) is 95.1 Å². The van der Waals surface area contributed by atoms with Gasteiger partial charge < -0.3 is 0 Å². The molecule has 2 aliphatic rings. The van der Waals surface area contributed by atoms with Crippen molar-refractivity contribution in [1.29, 1.82) is 0 Å². The molecule has 0 saturated carbocycles. The lowest BCUT2D eigenvalue weighted by Gasteiger charge is -2.27. The number of imide groups is 2. The molecule has 0 N–H and O–H groups in total. The first-order valence-corrected chi connectivity index (χ1v) is 12.8. The van der Waals surface area contributed by atoms with Crippen molar-refractivity contribution in [3.63, 3.8) is 0 Å². The zero-order valence-electron chi connectivity index (χ0n) is 20.4.